The van der Waals surface area contributed by atoms with Crippen LogP contribution in [0.2, 0.25) is 0 Å². The Bertz CT molecular complexity index is 593. The van der Waals surface area contributed by atoms with E-state index in [2.05, 4.69) is 16.1 Å². The predicted molar refractivity (Wildman–Crippen MR) is 69.5 cm³/mol. The summed E-state index contributed by atoms with van der Waals surface area (Å²) in [5.41, 5.74) is 8.29. The Morgan fingerprint density at radius 2 is 1.94 bits per heavy atom. The largest absolute Gasteiger partial charge is 0.366 e. The quantitative estimate of drug-likeness (QED) is 0.829. The van der Waals surface area contributed by atoms with Crippen LogP contribution in [0.3, 0.4) is 0 Å². The number of hydrogen-bond acceptors (Lipinski definition) is 3. The number of nitrogens with two attached hydrogens (primary N) is 1. The zero-order chi connectivity index (χ0) is 13.1. The van der Waals surface area contributed by atoms with Crippen molar-refractivity contribution >= 4 is 12.1 Å². The summed E-state index contributed by atoms with van der Waals surface area (Å²) >= 11 is 0. The molecule has 0 unspecified atom stereocenters. The first-order valence-corrected chi connectivity index (χ1v) is 5.52. The van der Waals surface area contributed by atoms with E-state index in [0.717, 1.165) is 16.7 Å². The number of carbonyl (C=O) groups excluding carboxylic acids is 1. The molecule has 0 fully saturated rings. The molecular weight excluding hydrogens is 228 g/mol. The highest BCUT2D eigenvalue weighted by atomic mass is 16.1. The van der Waals surface area contributed by atoms with Gasteiger partial charge in [-0.05, 0) is 26.0 Å². The van der Waals surface area contributed by atoms with E-state index in [1.165, 1.54) is 23.3 Å². The number of carbonyl (C=O) groups is 1. The van der Waals surface area contributed by atoms with E-state index >= 15 is 0 Å². The molecule has 2 N–H and O–H groups in total. The average molecular weight is 242 g/mol. The van der Waals surface area contributed by atoms with Gasteiger partial charge in [-0.3, -0.25) is 4.79 Å². The zero-order valence-electron chi connectivity index (χ0n) is 10.3. The van der Waals surface area contributed by atoms with Crippen molar-refractivity contribution in [2.24, 2.45) is 5.73 Å². The molecule has 0 saturated heterocycles. The normalized spacial score (nSPS) is 11.0. The second kappa shape index (κ2) is 4.83. The fraction of sp³-hybridized carbons (Fsp3) is 0.154. The van der Waals surface area contributed by atoms with Gasteiger partial charge in [0.25, 0.3) is 0 Å². The van der Waals surface area contributed by atoms with Crippen LogP contribution >= 0.6 is 0 Å². The molecule has 1 aromatic carbocycles. The van der Waals surface area contributed by atoms with Crippen LogP contribution in [0.1, 0.15) is 11.1 Å². The summed E-state index contributed by atoms with van der Waals surface area (Å²) in [4.78, 5) is 14.8. The first-order valence-electron chi connectivity index (χ1n) is 5.52. The lowest BCUT2D eigenvalue weighted by atomic mass is 10.1. The number of rotatable bonds is 3. The molecule has 1 amide bonds. The maximum atomic E-state index is 10.6. The van der Waals surface area contributed by atoms with Crippen molar-refractivity contribution in [2.75, 3.05) is 0 Å². The van der Waals surface area contributed by atoms with Crippen LogP contribution in [0.5, 0.6) is 0 Å². The Hall–Kier alpha value is -2.43. The summed E-state index contributed by atoms with van der Waals surface area (Å²) in [6.45, 7) is 4.06. The van der Waals surface area contributed by atoms with Crippen molar-refractivity contribution in [1.29, 1.82) is 0 Å². The fourth-order valence-electron chi connectivity index (χ4n) is 1.73. The molecule has 0 saturated carbocycles. The average Bonchev–Trinajstić information content (AvgIpc) is 2.73. The van der Waals surface area contributed by atoms with Crippen molar-refractivity contribution < 1.29 is 4.79 Å². The van der Waals surface area contributed by atoms with Crippen molar-refractivity contribution in [3.8, 4) is 11.4 Å². The van der Waals surface area contributed by atoms with Gasteiger partial charge >= 0.3 is 0 Å². The smallest absolute Gasteiger partial charge is 0.242 e. The Morgan fingerprint density at radius 3 is 2.56 bits per heavy atom. The minimum absolute atomic E-state index is 0.515. The zero-order valence-corrected chi connectivity index (χ0v) is 10.3. The third-order valence-corrected chi connectivity index (χ3v) is 2.38. The van der Waals surface area contributed by atoms with E-state index in [0.29, 0.717) is 5.82 Å². The second-order valence-electron chi connectivity index (χ2n) is 4.14. The van der Waals surface area contributed by atoms with Crippen molar-refractivity contribution in [3.63, 3.8) is 0 Å². The van der Waals surface area contributed by atoms with Crippen molar-refractivity contribution in [2.45, 2.75) is 13.8 Å². The molecule has 0 aliphatic carbocycles. The highest BCUT2D eigenvalue weighted by molar-refractivity contribution is 5.88. The van der Waals surface area contributed by atoms with E-state index < -0.39 is 5.91 Å². The van der Waals surface area contributed by atoms with Crippen LogP contribution < -0.4 is 5.73 Å². The Balaban J connectivity index is 2.32. The molecule has 2 rings (SSSR count). The molecule has 1 aromatic heterocycles. The van der Waals surface area contributed by atoms with Gasteiger partial charge in [-0.1, -0.05) is 17.2 Å². The molecule has 0 spiro atoms. The molecule has 0 aliphatic heterocycles. The number of nitrogens with zero attached hydrogens (tertiary/aromatic N) is 3. The minimum Gasteiger partial charge on any atom is -0.366 e. The van der Waals surface area contributed by atoms with Crippen LogP contribution in [0.4, 0.5) is 0 Å². The van der Waals surface area contributed by atoms with E-state index in [1.807, 2.05) is 26.0 Å². The number of aryl methyl sites for hydroxylation is 2. The van der Waals surface area contributed by atoms with Gasteiger partial charge in [-0.15, -0.1) is 5.10 Å². The van der Waals surface area contributed by atoms with Gasteiger partial charge < -0.3 is 5.73 Å². The molecule has 0 aliphatic rings. The molecule has 0 radical (unpaired) electrons. The van der Waals surface area contributed by atoms with Gasteiger partial charge in [-0.25, -0.2) is 9.67 Å². The SMILES string of the molecule is Cc1cc(C)cc(-c2ncn(/C=C\C(N)=O)n2)c1. The number of aromatic nitrogens is 3. The number of primary amides is 1. The Labute approximate surface area is 105 Å². The monoisotopic (exact) mass is 242 g/mol. The van der Waals surface area contributed by atoms with E-state index in [1.54, 1.807) is 0 Å². The lowest BCUT2D eigenvalue weighted by molar-refractivity contribution is -0.113. The molecule has 0 bridgehead atoms. The third kappa shape index (κ3) is 2.82. The summed E-state index contributed by atoms with van der Waals surface area (Å²) in [5, 5.41) is 4.25. The highest BCUT2D eigenvalue weighted by Crippen LogP contribution is 2.18. The molecule has 5 heteroatoms. The van der Waals surface area contributed by atoms with Gasteiger partial charge in [0.2, 0.25) is 5.91 Å². The van der Waals surface area contributed by atoms with Crippen LogP contribution in [0.15, 0.2) is 30.6 Å². The second-order valence-corrected chi connectivity index (χ2v) is 4.14. The Kier molecular flexibility index (Phi) is 3.23. The molecule has 0 atom stereocenters. The van der Waals surface area contributed by atoms with E-state index in [9.17, 15) is 4.79 Å². The van der Waals surface area contributed by atoms with Crippen LogP contribution in [0.25, 0.3) is 17.6 Å². The molecule has 92 valence electrons. The minimum atomic E-state index is -0.515. The van der Waals surface area contributed by atoms with Gasteiger partial charge in [0.15, 0.2) is 5.82 Å². The maximum absolute atomic E-state index is 10.6. The highest BCUT2D eigenvalue weighted by Gasteiger charge is 2.04. The predicted octanol–water partition coefficient (Wildman–Crippen LogP) is 1.52. The summed E-state index contributed by atoms with van der Waals surface area (Å²) < 4.78 is 1.46. The first-order chi connectivity index (χ1) is 8.54. The van der Waals surface area contributed by atoms with Crippen LogP contribution in [-0.4, -0.2) is 20.7 Å². The molecule has 1 heterocycles. The van der Waals surface area contributed by atoms with E-state index in [4.69, 9.17) is 5.73 Å². The topological polar surface area (TPSA) is 73.8 Å². The number of amides is 1. The van der Waals surface area contributed by atoms with Crippen LogP contribution in [0, 0.1) is 13.8 Å². The lowest BCUT2D eigenvalue weighted by Gasteiger charge is -2.00. The first kappa shape index (κ1) is 12.0. The van der Waals surface area contributed by atoms with Crippen molar-refractivity contribution in [1.82, 2.24) is 14.8 Å². The molecular formula is C13H14N4O. The van der Waals surface area contributed by atoms with Gasteiger partial charge in [0, 0.05) is 17.8 Å². The van der Waals surface area contributed by atoms with Gasteiger partial charge in [0.05, 0.1) is 0 Å². The lowest BCUT2D eigenvalue weighted by Crippen LogP contribution is -2.06. The van der Waals surface area contributed by atoms with Gasteiger partial charge in [0.1, 0.15) is 6.33 Å². The summed E-state index contributed by atoms with van der Waals surface area (Å²) in [5.74, 6) is 0.106. The standard InChI is InChI=1S/C13H14N4O/c1-9-5-10(2)7-11(6-9)13-15-8-17(16-13)4-3-12(14)18/h3-8H,1-2H3,(H2,14,18)/b4-3-. The number of benzene rings is 1. The van der Waals surface area contributed by atoms with Gasteiger partial charge in [-0.2, -0.15) is 0 Å². The number of hydrogen-bond donors (Lipinski definition) is 1. The van der Waals surface area contributed by atoms with Crippen LogP contribution in [-0.2, 0) is 4.79 Å². The maximum Gasteiger partial charge on any atom is 0.242 e. The molecule has 18 heavy (non-hydrogen) atoms. The van der Waals surface area contributed by atoms with Crippen molar-refractivity contribution in [3.05, 3.63) is 41.7 Å². The summed E-state index contributed by atoms with van der Waals surface area (Å²) in [6, 6.07) is 6.13. The summed E-state index contributed by atoms with van der Waals surface area (Å²) in [7, 11) is 0. The third-order valence-electron chi connectivity index (χ3n) is 2.38. The Morgan fingerprint density at radius 1 is 1.28 bits per heavy atom. The van der Waals surface area contributed by atoms with E-state index in [-0.39, 0.29) is 0 Å². The summed E-state index contributed by atoms with van der Waals surface area (Å²) in [6.07, 6.45) is 4.24. The fourth-order valence-corrected chi connectivity index (χ4v) is 1.73. The molecule has 2 aromatic rings. The molecule has 5 nitrogen and oxygen atoms in total.